The van der Waals surface area contributed by atoms with Crippen molar-refractivity contribution >= 4 is 11.9 Å². The first-order chi connectivity index (χ1) is 13.8. The number of hydrogen-bond donors (Lipinski definition) is 1. The molecule has 3 aromatic rings. The molecule has 0 spiro atoms. The van der Waals surface area contributed by atoms with Gasteiger partial charge in [0.2, 0.25) is 0 Å². The fourth-order valence-corrected chi connectivity index (χ4v) is 3.33. The molecule has 1 N–H and O–H groups in total. The Labute approximate surface area is 162 Å². The van der Waals surface area contributed by atoms with Gasteiger partial charge in [0.25, 0.3) is 11.5 Å². The van der Waals surface area contributed by atoms with Crippen molar-refractivity contribution in [1.29, 1.82) is 0 Å². The van der Waals surface area contributed by atoms with Crippen LogP contribution in [0, 0.1) is 0 Å². The van der Waals surface area contributed by atoms with E-state index in [0.717, 1.165) is 6.42 Å². The van der Waals surface area contributed by atoms with E-state index >= 15 is 0 Å². The van der Waals surface area contributed by atoms with Crippen molar-refractivity contribution in [3.63, 3.8) is 0 Å². The van der Waals surface area contributed by atoms with Gasteiger partial charge in [0, 0.05) is 25.1 Å². The van der Waals surface area contributed by atoms with Gasteiger partial charge in [-0.05, 0) is 11.6 Å². The summed E-state index contributed by atoms with van der Waals surface area (Å²) in [5.41, 5.74) is 1.31. The maximum absolute atomic E-state index is 13.0. The standard InChI is InChI=1S/C21H21N3O4/c25-20-19(16-7-2-1-3-8-16)21(26)24(18-9-4-5-12-23(18)20)13-6-11-22-28-17-10-14-27-15-17/h1-5,7-9,11-12,17H,6,10,13-15H2/p+1. The van der Waals surface area contributed by atoms with Crippen molar-refractivity contribution in [3.8, 4) is 17.0 Å². The van der Waals surface area contributed by atoms with E-state index in [0.29, 0.717) is 37.4 Å². The molecule has 1 atom stereocenters. The number of benzene rings is 1. The Balaban J connectivity index is 1.65. The van der Waals surface area contributed by atoms with Crippen molar-refractivity contribution in [2.75, 3.05) is 13.2 Å². The zero-order valence-corrected chi connectivity index (χ0v) is 15.4. The lowest BCUT2D eigenvalue weighted by Gasteiger charge is -2.09. The number of aromatic hydroxyl groups is 1. The summed E-state index contributed by atoms with van der Waals surface area (Å²) in [4.78, 5) is 18.3. The molecule has 1 aliphatic rings. The van der Waals surface area contributed by atoms with Crippen LogP contribution in [0.2, 0.25) is 0 Å². The maximum Gasteiger partial charge on any atom is 0.354 e. The number of aryl methyl sites for hydroxylation is 1. The minimum Gasteiger partial charge on any atom is -0.477 e. The summed E-state index contributed by atoms with van der Waals surface area (Å²) in [5.74, 6) is -0.0547. The minimum atomic E-state index is -0.256. The Morgan fingerprint density at radius 1 is 1.25 bits per heavy atom. The SMILES string of the molecule is O=c1c(-c2ccccc2)c(O)[n+](CCC=NOC2CCOC2)c2ccccn12. The van der Waals surface area contributed by atoms with Crippen LogP contribution >= 0.6 is 0 Å². The zero-order valence-electron chi connectivity index (χ0n) is 15.4. The second-order valence-corrected chi connectivity index (χ2v) is 6.62. The Bertz CT molecular complexity index is 1040. The van der Waals surface area contributed by atoms with Gasteiger partial charge in [-0.1, -0.05) is 41.6 Å². The fourth-order valence-electron chi connectivity index (χ4n) is 3.33. The Morgan fingerprint density at radius 3 is 2.86 bits per heavy atom. The molecule has 144 valence electrons. The summed E-state index contributed by atoms with van der Waals surface area (Å²) in [6.07, 6.45) is 4.79. The molecule has 0 radical (unpaired) electrons. The molecule has 0 saturated carbocycles. The molecule has 7 nitrogen and oxygen atoms in total. The third-order valence-electron chi connectivity index (χ3n) is 4.74. The molecule has 7 heteroatoms. The molecule has 0 amide bonds. The number of rotatable bonds is 6. The highest BCUT2D eigenvalue weighted by molar-refractivity contribution is 5.67. The van der Waals surface area contributed by atoms with Crippen LogP contribution < -0.4 is 10.1 Å². The zero-order chi connectivity index (χ0) is 19.3. The highest BCUT2D eigenvalue weighted by atomic mass is 16.7. The molecule has 0 bridgehead atoms. The van der Waals surface area contributed by atoms with Crippen LogP contribution in [0.4, 0.5) is 0 Å². The lowest BCUT2D eigenvalue weighted by atomic mass is 10.1. The highest BCUT2D eigenvalue weighted by Gasteiger charge is 2.24. The highest BCUT2D eigenvalue weighted by Crippen LogP contribution is 2.22. The van der Waals surface area contributed by atoms with Gasteiger partial charge in [-0.25, -0.2) is 4.79 Å². The van der Waals surface area contributed by atoms with Gasteiger partial charge in [-0.3, -0.25) is 0 Å². The number of hydrogen-bond acceptors (Lipinski definition) is 5. The van der Waals surface area contributed by atoms with E-state index in [4.69, 9.17) is 9.57 Å². The number of oxime groups is 1. The van der Waals surface area contributed by atoms with Gasteiger partial charge >= 0.3 is 5.56 Å². The van der Waals surface area contributed by atoms with Crippen LogP contribution in [0.15, 0.2) is 64.7 Å². The lowest BCUT2D eigenvalue weighted by Crippen LogP contribution is -2.41. The van der Waals surface area contributed by atoms with Crippen LogP contribution in [0.5, 0.6) is 5.88 Å². The average Bonchev–Trinajstić information content (AvgIpc) is 3.24. The summed E-state index contributed by atoms with van der Waals surface area (Å²) in [6, 6.07) is 14.6. The summed E-state index contributed by atoms with van der Waals surface area (Å²) >= 11 is 0. The second-order valence-electron chi connectivity index (χ2n) is 6.62. The third kappa shape index (κ3) is 3.61. The van der Waals surface area contributed by atoms with E-state index in [1.165, 1.54) is 0 Å². The molecule has 1 unspecified atom stereocenters. The molecule has 0 aliphatic carbocycles. The fraction of sp³-hybridized carbons (Fsp3) is 0.286. The van der Waals surface area contributed by atoms with Crippen molar-refractivity contribution in [1.82, 2.24) is 4.40 Å². The Hall–Kier alpha value is -3.19. The molecule has 28 heavy (non-hydrogen) atoms. The van der Waals surface area contributed by atoms with E-state index in [2.05, 4.69) is 5.16 Å². The monoisotopic (exact) mass is 380 g/mol. The second kappa shape index (κ2) is 8.22. The van der Waals surface area contributed by atoms with E-state index < -0.39 is 0 Å². The quantitative estimate of drug-likeness (QED) is 0.404. The third-order valence-corrected chi connectivity index (χ3v) is 4.74. The largest absolute Gasteiger partial charge is 0.477 e. The summed E-state index contributed by atoms with van der Waals surface area (Å²) in [5, 5.41) is 14.9. The van der Waals surface area contributed by atoms with Gasteiger partial charge in [0.05, 0.1) is 26.0 Å². The molecule has 1 aliphatic heterocycles. The summed E-state index contributed by atoms with van der Waals surface area (Å²) in [6.45, 7) is 1.73. The van der Waals surface area contributed by atoms with Gasteiger partial charge in [-0.15, -0.1) is 0 Å². The first-order valence-corrected chi connectivity index (χ1v) is 9.32. The van der Waals surface area contributed by atoms with Gasteiger partial charge < -0.3 is 14.7 Å². The number of pyridine rings is 1. The van der Waals surface area contributed by atoms with Crippen molar-refractivity contribution in [2.24, 2.45) is 5.16 Å². The predicted octanol–water partition coefficient (Wildman–Crippen LogP) is 2.14. The maximum atomic E-state index is 13.0. The molecule has 4 rings (SSSR count). The molecular formula is C21H22N3O4+. The average molecular weight is 380 g/mol. The predicted molar refractivity (Wildman–Crippen MR) is 104 cm³/mol. The van der Waals surface area contributed by atoms with E-state index in [-0.39, 0.29) is 23.1 Å². The first kappa shape index (κ1) is 18.2. The van der Waals surface area contributed by atoms with Crippen LogP contribution in [0.3, 0.4) is 0 Å². The van der Waals surface area contributed by atoms with Crippen molar-refractivity contribution < 1.29 is 19.2 Å². The molecule has 2 aromatic heterocycles. The molecular weight excluding hydrogens is 358 g/mol. The first-order valence-electron chi connectivity index (χ1n) is 9.32. The number of aromatic nitrogens is 2. The van der Waals surface area contributed by atoms with E-state index in [9.17, 15) is 9.90 Å². The van der Waals surface area contributed by atoms with Gasteiger partial charge in [0.15, 0.2) is 11.7 Å². The van der Waals surface area contributed by atoms with E-state index in [1.54, 1.807) is 33.5 Å². The molecule has 3 heterocycles. The van der Waals surface area contributed by atoms with Crippen molar-refractivity contribution in [3.05, 3.63) is 65.1 Å². The minimum absolute atomic E-state index is 0.0121. The molecule has 1 aromatic carbocycles. The van der Waals surface area contributed by atoms with Crippen LogP contribution in [-0.2, 0) is 16.1 Å². The van der Waals surface area contributed by atoms with Gasteiger partial charge in [0.1, 0.15) is 0 Å². The Kier molecular flexibility index (Phi) is 5.34. The van der Waals surface area contributed by atoms with Gasteiger partial charge in [-0.2, -0.15) is 8.97 Å². The smallest absolute Gasteiger partial charge is 0.354 e. The topological polar surface area (TPSA) is 76.4 Å². The number of fused-ring (bicyclic) bond motifs is 1. The van der Waals surface area contributed by atoms with E-state index in [1.807, 2.05) is 36.4 Å². The summed E-state index contributed by atoms with van der Waals surface area (Å²) in [7, 11) is 0. The van der Waals surface area contributed by atoms with Crippen LogP contribution in [-0.4, -0.2) is 35.0 Å². The number of ether oxygens (including phenoxy) is 1. The summed E-state index contributed by atoms with van der Waals surface area (Å²) < 4.78 is 8.51. The normalized spacial score (nSPS) is 16.8. The van der Waals surface area contributed by atoms with Crippen LogP contribution in [0.1, 0.15) is 12.8 Å². The van der Waals surface area contributed by atoms with Crippen molar-refractivity contribution in [2.45, 2.75) is 25.5 Å². The Morgan fingerprint density at radius 2 is 2.07 bits per heavy atom. The lowest BCUT2D eigenvalue weighted by molar-refractivity contribution is -0.678. The molecule has 1 fully saturated rings. The molecule has 1 saturated heterocycles. The van der Waals surface area contributed by atoms with Crippen LogP contribution in [0.25, 0.3) is 16.8 Å². The number of nitrogens with zero attached hydrogens (tertiary/aromatic N) is 3.